The minimum Gasteiger partial charge on any atom is -0.330 e. The van der Waals surface area contributed by atoms with Gasteiger partial charge in [0.15, 0.2) is 0 Å². The van der Waals surface area contributed by atoms with Crippen LogP contribution in [0.3, 0.4) is 0 Å². The Balaban J connectivity index is 1.62. The van der Waals surface area contributed by atoms with Gasteiger partial charge in [0.05, 0.1) is 23.8 Å². The maximum atomic E-state index is 12.2. The molecule has 0 saturated heterocycles. The molecule has 0 spiro atoms. The third-order valence-electron chi connectivity index (χ3n) is 3.78. The lowest BCUT2D eigenvalue weighted by atomic mass is 10.2. The molecule has 0 aliphatic rings. The van der Waals surface area contributed by atoms with Crippen LogP contribution in [-0.4, -0.2) is 19.7 Å². The van der Waals surface area contributed by atoms with Gasteiger partial charge in [-0.05, 0) is 36.8 Å². The van der Waals surface area contributed by atoms with Crippen molar-refractivity contribution in [1.29, 1.82) is 0 Å². The first-order chi connectivity index (χ1) is 12.2. The maximum Gasteiger partial charge on any atom is 0.269 e. The molecule has 4 aromatic rings. The zero-order valence-corrected chi connectivity index (χ0v) is 14.3. The molecule has 0 radical (unpaired) electrons. The number of anilines is 2. The molecule has 4 rings (SSSR count). The fraction of sp³-hybridized carbons (Fsp3) is 0.111. The number of benzene rings is 2. The van der Waals surface area contributed by atoms with Crippen LogP contribution in [0.5, 0.6) is 0 Å². The van der Waals surface area contributed by atoms with Gasteiger partial charge >= 0.3 is 0 Å². The number of hydrogen-bond acceptors (Lipinski definition) is 6. The maximum absolute atomic E-state index is 12.2. The molecule has 0 aliphatic carbocycles. The summed E-state index contributed by atoms with van der Waals surface area (Å²) >= 11 is 1.43. The van der Waals surface area contributed by atoms with Crippen molar-refractivity contribution >= 4 is 33.2 Å². The topological polar surface area (TPSA) is 72.7 Å². The quantitative estimate of drug-likeness (QED) is 0.612. The molecule has 0 aliphatic heterocycles. The van der Waals surface area contributed by atoms with Gasteiger partial charge in [-0.1, -0.05) is 35.6 Å². The lowest BCUT2D eigenvalue weighted by Gasteiger charge is -2.06. The van der Waals surface area contributed by atoms with Crippen LogP contribution in [0.1, 0.15) is 10.6 Å². The van der Waals surface area contributed by atoms with E-state index in [4.69, 9.17) is 0 Å². The van der Waals surface area contributed by atoms with Crippen molar-refractivity contribution in [3.05, 3.63) is 75.7 Å². The molecule has 0 unspecified atom stereocenters. The van der Waals surface area contributed by atoms with Gasteiger partial charge in [0.1, 0.15) is 5.01 Å². The third kappa shape index (κ3) is 3.27. The van der Waals surface area contributed by atoms with Crippen LogP contribution in [-0.2, 0) is 6.54 Å². The standard InChI is InChI=1S/C18H15N5OS/c1-12-5-4-6-13(9-12)20-18-22-21-16(25-18)11-23-15-8-3-2-7-14(15)19-10-17(23)24/h2-10H,11H2,1H3,(H,20,22). The highest BCUT2D eigenvalue weighted by Crippen LogP contribution is 2.22. The highest BCUT2D eigenvalue weighted by molar-refractivity contribution is 7.15. The minimum absolute atomic E-state index is 0.151. The fourth-order valence-electron chi connectivity index (χ4n) is 2.63. The number of nitrogens with zero attached hydrogens (tertiary/aromatic N) is 4. The summed E-state index contributed by atoms with van der Waals surface area (Å²) in [4.78, 5) is 16.4. The molecule has 0 atom stereocenters. The predicted molar refractivity (Wildman–Crippen MR) is 99.5 cm³/mol. The summed E-state index contributed by atoms with van der Waals surface area (Å²) in [6, 6.07) is 15.6. The Hall–Kier alpha value is -3.06. The predicted octanol–water partition coefficient (Wildman–Crippen LogP) is 3.35. The summed E-state index contributed by atoms with van der Waals surface area (Å²) in [5, 5.41) is 13.1. The lowest BCUT2D eigenvalue weighted by molar-refractivity contribution is 0.769. The van der Waals surface area contributed by atoms with Crippen molar-refractivity contribution in [2.45, 2.75) is 13.5 Å². The van der Waals surface area contributed by atoms with E-state index in [1.807, 2.05) is 55.5 Å². The van der Waals surface area contributed by atoms with Crippen molar-refractivity contribution in [2.24, 2.45) is 0 Å². The average Bonchev–Trinajstić information content (AvgIpc) is 3.04. The second-order valence-electron chi connectivity index (χ2n) is 5.67. The molecular formula is C18H15N5OS. The van der Waals surface area contributed by atoms with E-state index in [1.165, 1.54) is 23.1 Å². The number of para-hydroxylation sites is 2. The third-order valence-corrected chi connectivity index (χ3v) is 4.61. The summed E-state index contributed by atoms with van der Waals surface area (Å²) in [5.74, 6) is 0. The summed E-state index contributed by atoms with van der Waals surface area (Å²) in [7, 11) is 0. The first-order valence-electron chi connectivity index (χ1n) is 7.80. The van der Waals surface area contributed by atoms with Crippen LogP contribution in [0.4, 0.5) is 10.8 Å². The molecule has 124 valence electrons. The molecule has 0 fully saturated rings. The summed E-state index contributed by atoms with van der Waals surface area (Å²) in [5.41, 5.74) is 3.56. The number of nitrogens with one attached hydrogen (secondary N) is 1. The highest BCUT2D eigenvalue weighted by Gasteiger charge is 2.09. The number of fused-ring (bicyclic) bond motifs is 1. The van der Waals surface area contributed by atoms with Crippen molar-refractivity contribution < 1.29 is 0 Å². The van der Waals surface area contributed by atoms with Crippen molar-refractivity contribution in [3.8, 4) is 0 Å². The smallest absolute Gasteiger partial charge is 0.269 e. The molecule has 1 N–H and O–H groups in total. The Kier molecular flexibility index (Phi) is 3.99. The monoisotopic (exact) mass is 349 g/mol. The number of hydrogen-bond donors (Lipinski definition) is 1. The van der Waals surface area contributed by atoms with E-state index in [1.54, 1.807) is 4.57 Å². The molecule has 2 aromatic heterocycles. The van der Waals surface area contributed by atoms with Gasteiger partial charge < -0.3 is 5.32 Å². The molecular weight excluding hydrogens is 334 g/mol. The van der Waals surface area contributed by atoms with Gasteiger partial charge in [-0.15, -0.1) is 10.2 Å². The normalized spacial score (nSPS) is 10.9. The number of aryl methyl sites for hydroxylation is 1. The summed E-state index contributed by atoms with van der Waals surface area (Å²) in [6.07, 6.45) is 1.34. The van der Waals surface area contributed by atoms with E-state index in [0.717, 1.165) is 21.7 Å². The van der Waals surface area contributed by atoms with Crippen molar-refractivity contribution in [3.63, 3.8) is 0 Å². The molecule has 2 aromatic carbocycles. The number of rotatable bonds is 4. The van der Waals surface area contributed by atoms with E-state index in [-0.39, 0.29) is 5.56 Å². The van der Waals surface area contributed by atoms with Crippen LogP contribution < -0.4 is 10.9 Å². The average molecular weight is 349 g/mol. The van der Waals surface area contributed by atoms with Crippen LogP contribution in [0.25, 0.3) is 11.0 Å². The molecule has 0 bridgehead atoms. The van der Waals surface area contributed by atoms with Crippen LogP contribution in [0, 0.1) is 6.92 Å². The molecule has 7 heteroatoms. The Morgan fingerprint density at radius 3 is 2.88 bits per heavy atom. The SMILES string of the molecule is Cc1cccc(Nc2nnc(Cn3c(=O)cnc4ccccc43)s2)c1. The number of aromatic nitrogens is 4. The van der Waals surface area contributed by atoms with Gasteiger partial charge in [-0.25, -0.2) is 4.98 Å². The van der Waals surface area contributed by atoms with Gasteiger partial charge in [0.2, 0.25) is 5.13 Å². The van der Waals surface area contributed by atoms with Gasteiger partial charge in [-0.2, -0.15) is 0 Å². The second kappa shape index (κ2) is 6.45. The van der Waals surface area contributed by atoms with Crippen LogP contribution in [0.15, 0.2) is 59.5 Å². The van der Waals surface area contributed by atoms with Gasteiger partial charge in [0.25, 0.3) is 5.56 Å². The summed E-state index contributed by atoms with van der Waals surface area (Å²) in [6.45, 7) is 2.41. The Morgan fingerprint density at radius 1 is 1.12 bits per heavy atom. The zero-order valence-electron chi connectivity index (χ0n) is 13.5. The first-order valence-corrected chi connectivity index (χ1v) is 8.61. The summed E-state index contributed by atoms with van der Waals surface area (Å²) < 4.78 is 1.67. The van der Waals surface area contributed by atoms with E-state index in [9.17, 15) is 4.79 Å². The van der Waals surface area contributed by atoms with Gasteiger partial charge in [-0.3, -0.25) is 9.36 Å². The molecule has 25 heavy (non-hydrogen) atoms. The Morgan fingerprint density at radius 2 is 2.00 bits per heavy atom. The van der Waals surface area contributed by atoms with E-state index in [0.29, 0.717) is 11.7 Å². The fourth-order valence-corrected chi connectivity index (χ4v) is 3.38. The Bertz CT molecular complexity index is 1100. The lowest BCUT2D eigenvalue weighted by Crippen LogP contribution is -2.20. The minimum atomic E-state index is -0.151. The van der Waals surface area contributed by atoms with Crippen LogP contribution in [0.2, 0.25) is 0 Å². The highest BCUT2D eigenvalue weighted by atomic mass is 32.1. The largest absolute Gasteiger partial charge is 0.330 e. The molecule has 0 saturated carbocycles. The van der Waals surface area contributed by atoms with Crippen molar-refractivity contribution in [1.82, 2.24) is 19.7 Å². The second-order valence-corrected chi connectivity index (χ2v) is 6.73. The molecule has 0 amide bonds. The Labute approximate surface area is 147 Å². The van der Waals surface area contributed by atoms with E-state index < -0.39 is 0 Å². The van der Waals surface area contributed by atoms with Gasteiger partial charge in [0, 0.05) is 5.69 Å². The first kappa shape index (κ1) is 15.5. The molecule has 2 heterocycles. The molecule has 6 nitrogen and oxygen atoms in total. The van der Waals surface area contributed by atoms with Crippen LogP contribution >= 0.6 is 11.3 Å². The van der Waals surface area contributed by atoms with Crippen molar-refractivity contribution in [2.75, 3.05) is 5.32 Å². The van der Waals surface area contributed by atoms with E-state index in [2.05, 4.69) is 20.5 Å². The van der Waals surface area contributed by atoms with E-state index >= 15 is 0 Å². The zero-order chi connectivity index (χ0) is 17.2.